The zero-order valence-corrected chi connectivity index (χ0v) is 35.4. The van der Waals surface area contributed by atoms with Crippen molar-refractivity contribution in [1.29, 1.82) is 0 Å². The van der Waals surface area contributed by atoms with Crippen LogP contribution in [-0.2, 0) is 0 Å². The molecule has 0 saturated heterocycles. The van der Waals surface area contributed by atoms with E-state index in [-0.39, 0.29) is 0 Å². The van der Waals surface area contributed by atoms with E-state index in [4.69, 9.17) is 9.97 Å². The molecule has 296 valence electrons. The zero-order valence-electron chi connectivity index (χ0n) is 34.4. The number of hydrogen-bond donors (Lipinski definition) is 0. The van der Waals surface area contributed by atoms with Crippen molar-refractivity contribution < 1.29 is 0 Å². The van der Waals surface area contributed by atoms with Crippen molar-refractivity contribution in [2.45, 2.75) is 0 Å². The van der Waals surface area contributed by atoms with E-state index in [0.29, 0.717) is 5.95 Å². The lowest BCUT2D eigenvalue weighted by Crippen LogP contribution is -2.74. The highest BCUT2D eigenvalue weighted by molar-refractivity contribution is 7.19. The fourth-order valence-corrected chi connectivity index (χ4v) is 14.8. The second-order valence-electron chi connectivity index (χ2n) is 16.1. The highest BCUT2D eigenvalue weighted by Crippen LogP contribution is 2.42. The first-order valence-electron chi connectivity index (χ1n) is 21.5. The van der Waals surface area contributed by atoms with E-state index in [9.17, 15) is 0 Å². The van der Waals surface area contributed by atoms with E-state index >= 15 is 0 Å². The maximum atomic E-state index is 5.63. The summed E-state index contributed by atoms with van der Waals surface area (Å²) in [5, 5.41) is 9.96. The highest BCUT2D eigenvalue weighted by atomic mass is 28.3. The van der Waals surface area contributed by atoms with E-state index in [1.54, 1.807) is 0 Å². The molecule has 0 aliphatic carbocycles. The molecule has 0 spiro atoms. The first-order valence-corrected chi connectivity index (χ1v) is 23.5. The van der Waals surface area contributed by atoms with Gasteiger partial charge in [-0.05, 0) is 57.1 Å². The van der Waals surface area contributed by atoms with E-state index in [0.717, 1.165) is 61.0 Å². The van der Waals surface area contributed by atoms with Gasteiger partial charge in [0.1, 0.15) is 0 Å². The summed E-state index contributed by atoms with van der Waals surface area (Å²) in [4.78, 5) is 11.1. The Labute approximate surface area is 366 Å². The largest absolute Gasteiger partial charge is 0.309 e. The van der Waals surface area contributed by atoms with Crippen LogP contribution in [0.1, 0.15) is 0 Å². The summed E-state index contributed by atoms with van der Waals surface area (Å²) in [6, 6.07) is 87.7. The molecule has 0 unspecified atom stereocenters. The molecule has 0 amide bonds. The van der Waals surface area contributed by atoms with Crippen LogP contribution in [0.5, 0.6) is 0 Å². The Morgan fingerprint density at radius 2 is 0.794 bits per heavy atom. The van der Waals surface area contributed by atoms with Gasteiger partial charge in [0.25, 0.3) is 0 Å². The summed E-state index contributed by atoms with van der Waals surface area (Å²) in [5.74, 6) is 0.629. The maximum absolute atomic E-state index is 5.63. The summed E-state index contributed by atoms with van der Waals surface area (Å²) < 4.78 is 4.69. The Kier molecular flexibility index (Phi) is 8.80. The van der Waals surface area contributed by atoms with Crippen molar-refractivity contribution in [3.63, 3.8) is 0 Å². The summed E-state index contributed by atoms with van der Waals surface area (Å²) in [6.45, 7) is 0. The Morgan fingerprint density at radius 1 is 0.317 bits per heavy atom. The maximum Gasteiger partial charge on any atom is 0.235 e. The standard InChI is InChI=1S/C58H40N4Si/c1-6-21-41(22-7-1)51-40-52(42-23-20-32-47(39-42)63(44-26-10-3-11-27-44,45-28-12-4-13-29-45)46-30-14-5-15-31-46)60-58(59-51)62-53-35-18-16-33-48(53)49-37-38-55-56(57(49)62)50-34-17-19-36-54(50)61(55)43-24-8-2-9-25-43/h1-40H. The molecule has 0 N–H and O–H groups in total. The summed E-state index contributed by atoms with van der Waals surface area (Å²) in [6.07, 6.45) is 0. The third kappa shape index (κ3) is 5.89. The highest BCUT2D eigenvalue weighted by Gasteiger charge is 2.41. The van der Waals surface area contributed by atoms with Gasteiger partial charge in [-0.1, -0.05) is 206 Å². The molecule has 9 aromatic carbocycles. The zero-order chi connectivity index (χ0) is 41.7. The first kappa shape index (κ1) is 36.7. The summed E-state index contributed by atoms with van der Waals surface area (Å²) >= 11 is 0. The van der Waals surface area contributed by atoms with Crippen molar-refractivity contribution in [3.8, 4) is 34.2 Å². The van der Waals surface area contributed by atoms with Gasteiger partial charge < -0.3 is 4.57 Å². The monoisotopic (exact) mass is 820 g/mol. The minimum atomic E-state index is -2.81. The number of para-hydroxylation sites is 3. The smallest absolute Gasteiger partial charge is 0.235 e. The molecule has 0 aliphatic heterocycles. The van der Waals surface area contributed by atoms with Crippen molar-refractivity contribution in [3.05, 3.63) is 243 Å². The number of aromatic nitrogens is 4. The molecule has 12 rings (SSSR count). The van der Waals surface area contributed by atoms with Gasteiger partial charge in [-0.2, -0.15) is 0 Å². The summed E-state index contributed by atoms with van der Waals surface area (Å²) in [7, 11) is -2.81. The van der Waals surface area contributed by atoms with Gasteiger partial charge in [0.05, 0.1) is 33.5 Å². The predicted octanol–water partition coefficient (Wildman–Crippen LogP) is 11.4. The number of fused-ring (bicyclic) bond motifs is 7. The second kappa shape index (κ2) is 15.1. The Hall–Kier alpha value is -8.12. The molecule has 12 aromatic rings. The molecule has 0 atom stereocenters. The molecule has 5 heteroatoms. The van der Waals surface area contributed by atoms with Crippen LogP contribution in [-0.4, -0.2) is 27.2 Å². The van der Waals surface area contributed by atoms with Crippen LogP contribution < -0.4 is 20.7 Å². The van der Waals surface area contributed by atoms with Gasteiger partial charge in [-0.15, -0.1) is 0 Å². The minimum absolute atomic E-state index is 0.629. The quantitative estimate of drug-likeness (QED) is 0.113. The fourth-order valence-electron chi connectivity index (χ4n) is 9.99. The Balaban J connectivity index is 1.16. The van der Waals surface area contributed by atoms with Crippen molar-refractivity contribution >= 4 is 72.4 Å². The molecular formula is C58H40N4Si. The van der Waals surface area contributed by atoms with Crippen LogP contribution in [0.2, 0.25) is 0 Å². The normalized spacial score (nSPS) is 11.8. The van der Waals surface area contributed by atoms with E-state index in [1.807, 2.05) is 0 Å². The average Bonchev–Trinajstić information content (AvgIpc) is 3.89. The van der Waals surface area contributed by atoms with Crippen LogP contribution in [0.15, 0.2) is 243 Å². The molecular weight excluding hydrogens is 781 g/mol. The molecule has 0 aliphatic rings. The Morgan fingerprint density at radius 3 is 1.41 bits per heavy atom. The lowest BCUT2D eigenvalue weighted by molar-refractivity contribution is 0.998. The van der Waals surface area contributed by atoms with Gasteiger partial charge in [-0.25, -0.2) is 9.97 Å². The van der Waals surface area contributed by atoms with E-state index in [1.165, 1.54) is 31.5 Å². The molecule has 0 radical (unpaired) electrons. The molecule has 0 saturated carbocycles. The van der Waals surface area contributed by atoms with Gasteiger partial charge in [-0.3, -0.25) is 4.57 Å². The fraction of sp³-hybridized carbons (Fsp3) is 0. The van der Waals surface area contributed by atoms with Gasteiger partial charge >= 0.3 is 0 Å². The second-order valence-corrected chi connectivity index (χ2v) is 19.9. The number of nitrogens with zero attached hydrogens (tertiary/aromatic N) is 4. The van der Waals surface area contributed by atoms with E-state index in [2.05, 4.69) is 252 Å². The molecule has 4 nitrogen and oxygen atoms in total. The first-order chi connectivity index (χ1) is 31.3. The third-order valence-electron chi connectivity index (χ3n) is 12.7. The number of benzene rings is 9. The average molecular weight is 821 g/mol. The van der Waals surface area contributed by atoms with Crippen LogP contribution >= 0.6 is 0 Å². The topological polar surface area (TPSA) is 35.6 Å². The van der Waals surface area contributed by atoms with Gasteiger partial charge in [0.2, 0.25) is 5.95 Å². The van der Waals surface area contributed by atoms with Crippen LogP contribution in [0, 0.1) is 0 Å². The third-order valence-corrected chi connectivity index (χ3v) is 17.5. The summed E-state index contributed by atoms with van der Waals surface area (Å²) in [5.41, 5.74) is 9.37. The van der Waals surface area contributed by atoms with Crippen LogP contribution in [0.3, 0.4) is 0 Å². The van der Waals surface area contributed by atoms with Crippen LogP contribution in [0.4, 0.5) is 0 Å². The Bertz CT molecular complexity index is 3500. The molecule has 0 bridgehead atoms. The molecule has 3 aromatic heterocycles. The molecule has 0 fully saturated rings. The van der Waals surface area contributed by atoms with Crippen LogP contribution in [0.25, 0.3) is 77.8 Å². The molecule has 3 heterocycles. The van der Waals surface area contributed by atoms with E-state index < -0.39 is 8.07 Å². The SMILES string of the molecule is c1ccc(-c2cc(-c3cccc([Si](c4ccccc4)(c4ccccc4)c4ccccc4)c3)nc(-n3c4ccccc4c4ccc5c(c6ccccc6n5-c5ccccc5)c43)n2)cc1. The van der Waals surface area contributed by atoms with Crippen molar-refractivity contribution in [2.24, 2.45) is 0 Å². The number of hydrogen-bond acceptors (Lipinski definition) is 2. The lowest BCUT2D eigenvalue weighted by Gasteiger charge is -2.34. The predicted molar refractivity (Wildman–Crippen MR) is 265 cm³/mol. The van der Waals surface area contributed by atoms with Crippen molar-refractivity contribution in [2.75, 3.05) is 0 Å². The van der Waals surface area contributed by atoms with Gasteiger partial charge in [0.15, 0.2) is 8.07 Å². The molecule has 63 heavy (non-hydrogen) atoms. The van der Waals surface area contributed by atoms with Gasteiger partial charge in [0, 0.05) is 38.4 Å². The van der Waals surface area contributed by atoms with Crippen molar-refractivity contribution in [1.82, 2.24) is 19.1 Å². The number of rotatable bonds is 8. The lowest BCUT2D eigenvalue weighted by atomic mass is 10.1. The minimum Gasteiger partial charge on any atom is -0.309 e.